The van der Waals surface area contributed by atoms with Crippen LogP contribution in [0.25, 0.3) is 0 Å². The highest BCUT2D eigenvalue weighted by Gasteiger charge is 2.19. The van der Waals surface area contributed by atoms with Crippen LogP contribution in [-0.2, 0) is 5.41 Å². The Labute approximate surface area is 84.0 Å². The second-order valence-corrected chi connectivity index (χ2v) is 4.61. The standard InChI is InChI=1S/C10H16BO3/c1-10(2,3)8-4-6-9(7-5-8)11(12,13)14/h4-7,12-14H,1-3H3/q-1. The van der Waals surface area contributed by atoms with Crippen LogP contribution in [0.4, 0.5) is 0 Å². The third-order valence-corrected chi connectivity index (χ3v) is 2.22. The molecule has 0 heterocycles. The zero-order valence-electron chi connectivity index (χ0n) is 8.73. The van der Waals surface area contributed by atoms with Crippen molar-refractivity contribution in [1.82, 2.24) is 0 Å². The molecule has 4 heteroatoms. The molecule has 1 aromatic rings. The summed E-state index contributed by atoms with van der Waals surface area (Å²) in [6.07, 6.45) is 0. The highest BCUT2D eigenvalue weighted by molar-refractivity contribution is 6.71. The summed E-state index contributed by atoms with van der Waals surface area (Å²) in [4.78, 5) is 0. The predicted octanol–water partition coefficient (Wildman–Crippen LogP) is 0.107. The summed E-state index contributed by atoms with van der Waals surface area (Å²) in [6, 6.07) is 6.63. The average molecular weight is 195 g/mol. The van der Waals surface area contributed by atoms with Gasteiger partial charge < -0.3 is 15.1 Å². The summed E-state index contributed by atoms with van der Waals surface area (Å²) in [7, 11) is 0. The Morgan fingerprint density at radius 1 is 0.929 bits per heavy atom. The number of hydrogen-bond acceptors (Lipinski definition) is 3. The third-order valence-electron chi connectivity index (χ3n) is 2.22. The molecular formula is C10H16BO3-. The van der Waals surface area contributed by atoms with Crippen LogP contribution in [0.5, 0.6) is 0 Å². The van der Waals surface area contributed by atoms with E-state index in [0.717, 1.165) is 5.56 Å². The van der Waals surface area contributed by atoms with E-state index in [2.05, 4.69) is 20.8 Å². The summed E-state index contributed by atoms with van der Waals surface area (Å²) in [5.41, 5.74) is 1.24. The van der Waals surface area contributed by atoms with Gasteiger partial charge in [-0.25, -0.2) is 0 Å². The van der Waals surface area contributed by atoms with E-state index in [0.29, 0.717) is 0 Å². The lowest BCUT2D eigenvalue weighted by Gasteiger charge is -2.24. The van der Waals surface area contributed by atoms with Crippen molar-refractivity contribution < 1.29 is 15.1 Å². The summed E-state index contributed by atoms with van der Waals surface area (Å²) in [6.45, 7) is 2.84. The first kappa shape index (κ1) is 11.2. The van der Waals surface area contributed by atoms with Crippen LogP contribution < -0.4 is 5.46 Å². The first-order valence-corrected chi connectivity index (χ1v) is 4.63. The molecule has 0 aromatic heterocycles. The van der Waals surface area contributed by atoms with Gasteiger partial charge in [-0.3, -0.25) is 0 Å². The van der Waals surface area contributed by atoms with Gasteiger partial charge in [-0.15, -0.1) is 5.46 Å². The van der Waals surface area contributed by atoms with Crippen LogP contribution in [0.15, 0.2) is 24.3 Å². The molecule has 3 N–H and O–H groups in total. The maximum atomic E-state index is 8.96. The van der Waals surface area contributed by atoms with Crippen molar-refractivity contribution >= 4 is 12.2 Å². The monoisotopic (exact) mass is 195 g/mol. The topological polar surface area (TPSA) is 60.7 Å². The molecule has 0 fully saturated rings. The van der Waals surface area contributed by atoms with Gasteiger partial charge in [-0.1, -0.05) is 45.0 Å². The molecule has 0 saturated heterocycles. The van der Waals surface area contributed by atoms with Gasteiger partial charge in [0.2, 0.25) is 0 Å². The van der Waals surface area contributed by atoms with E-state index < -0.39 is 6.75 Å². The highest BCUT2D eigenvalue weighted by Crippen LogP contribution is 2.20. The van der Waals surface area contributed by atoms with Crippen LogP contribution in [-0.4, -0.2) is 21.8 Å². The van der Waals surface area contributed by atoms with Crippen LogP contribution in [0.3, 0.4) is 0 Å². The minimum Gasteiger partial charge on any atom is -0.556 e. The lowest BCUT2D eigenvalue weighted by atomic mass is 9.70. The second-order valence-electron chi connectivity index (χ2n) is 4.61. The second kappa shape index (κ2) is 3.39. The molecule has 3 nitrogen and oxygen atoms in total. The molecule has 78 valence electrons. The van der Waals surface area contributed by atoms with Gasteiger partial charge in [0.05, 0.1) is 0 Å². The molecule has 0 atom stereocenters. The fourth-order valence-corrected chi connectivity index (χ4v) is 1.24. The average Bonchev–Trinajstić information content (AvgIpc) is 2.01. The minimum absolute atomic E-state index is 0.0224. The van der Waals surface area contributed by atoms with Gasteiger partial charge in [0, 0.05) is 0 Å². The number of benzene rings is 1. The zero-order valence-corrected chi connectivity index (χ0v) is 8.73. The molecule has 0 aliphatic carbocycles. The maximum absolute atomic E-state index is 8.96. The van der Waals surface area contributed by atoms with E-state index in [9.17, 15) is 0 Å². The quantitative estimate of drug-likeness (QED) is 0.557. The molecule has 0 amide bonds. The van der Waals surface area contributed by atoms with Crippen molar-refractivity contribution in [2.45, 2.75) is 26.2 Å². The molecule has 0 unspecified atom stereocenters. The van der Waals surface area contributed by atoms with Crippen molar-refractivity contribution in [2.75, 3.05) is 0 Å². The van der Waals surface area contributed by atoms with E-state index in [-0.39, 0.29) is 10.9 Å². The first-order chi connectivity index (χ1) is 6.21. The van der Waals surface area contributed by atoms with E-state index in [1.807, 2.05) is 0 Å². The smallest absolute Gasteiger partial charge is 0.402 e. The van der Waals surface area contributed by atoms with Gasteiger partial charge in [0.1, 0.15) is 0 Å². The third kappa shape index (κ3) is 2.58. The van der Waals surface area contributed by atoms with Gasteiger partial charge in [-0.2, -0.15) is 0 Å². The van der Waals surface area contributed by atoms with E-state index in [1.54, 1.807) is 12.1 Å². The molecular weight excluding hydrogens is 179 g/mol. The molecule has 1 rings (SSSR count). The Kier molecular flexibility index (Phi) is 2.72. The van der Waals surface area contributed by atoms with Gasteiger partial charge in [0.15, 0.2) is 0 Å². The Morgan fingerprint density at radius 2 is 1.36 bits per heavy atom. The van der Waals surface area contributed by atoms with E-state index in [1.165, 1.54) is 12.1 Å². The Bertz CT molecular complexity index is 273. The predicted molar refractivity (Wildman–Crippen MR) is 57.2 cm³/mol. The van der Waals surface area contributed by atoms with Gasteiger partial charge in [-0.05, 0) is 11.0 Å². The summed E-state index contributed by atoms with van der Waals surface area (Å²) >= 11 is 0. The summed E-state index contributed by atoms with van der Waals surface area (Å²) in [5.74, 6) is 0. The molecule has 0 spiro atoms. The molecule has 0 radical (unpaired) electrons. The molecule has 0 aliphatic heterocycles. The fraction of sp³-hybridized carbons (Fsp3) is 0.400. The van der Waals surface area contributed by atoms with Crippen LogP contribution in [0, 0.1) is 0 Å². The molecule has 0 saturated carbocycles. The van der Waals surface area contributed by atoms with Crippen molar-refractivity contribution in [3.63, 3.8) is 0 Å². The lowest BCUT2D eigenvalue weighted by molar-refractivity contribution is 0.249. The van der Waals surface area contributed by atoms with Crippen molar-refractivity contribution in [2.24, 2.45) is 0 Å². The Morgan fingerprint density at radius 3 is 1.64 bits per heavy atom. The molecule has 0 aliphatic rings. The molecule has 14 heavy (non-hydrogen) atoms. The van der Waals surface area contributed by atoms with Crippen LogP contribution in [0.2, 0.25) is 0 Å². The van der Waals surface area contributed by atoms with Crippen molar-refractivity contribution in [1.29, 1.82) is 0 Å². The highest BCUT2D eigenvalue weighted by atomic mass is 16.5. The van der Waals surface area contributed by atoms with E-state index >= 15 is 0 Å². The largest absolute Gasteiger partial charge is 0.556 e. The number of hydrogen-bond donors (Lipinski definition) is 3. The zero-order chi connectivity index (χ0) is 11.0. The summed E-state index contributed by atoms with van der Waals surface area (Å²) in [5, 5.41) is 26.9. The maximum Gasteiger partial charge on any atom is 0.402 e. The summed E-state index contributed by atoms with van der Waals surface area (Å²) < 4.78 is 0. The Balaban J connectivity index is 3.02. The fourth-order valence-electron chi connectivity index (χ4n) is 1.24. The van der Waals surface area contributed by atoms with Crippen molar-refractivity contribution in [3.05, 3.63) is 29.8 Å². The molecule has 0 bridgehead atoms. The van der Waals surface area contributed by atoms with Crippen molar-refractivity contribution in [3.8, 4) is 0 Å². The number of rotatable bonds is 1. The van der Waals surface area contributed by atoms with Gasteiger partial charge >= 0.3 is 6.75 Å². The first-order valence-electron chi connectivity index (χ1n) is 4.63. The van der Waals surface area contributed by atoms with Crippen LogP contribution in [0.1, 0.15) is 26.3 Å². The SMILES string of the molecule is CC(C)(C)c1ccc([B-](O)(O)O)cc1. The lowest BCUT2D eigenvalue weighted by Crippen LogP contribution is -2.48. The molecule has 1 aromatic carbocycles. The normalized spacial score (nSPS) is 13.0. The van der Waals surface area contributed by atoms with Crippen LogP contribution >= 0.6 is 0 Å². The Hall–Kier alpha value is -0.835. The van der Waals surface area contributed by atoms with Gasteiger partial charge in [0.25, 0.3) is 0 Å². The van der Waals surface area contributed by atoms with E-state index in [4.69, 9.17) is 15.1 Å². The minimum atomic E-state index is -3.36.